The molecule has 0 saturated heterocycles. The van der Waals surface area contributed by atoms with Crippen LogP contribution >= 0.6 is 11.6 Å². The van der Waals surface area contributed by atoms with Crippen LogP contribution in [0.25, 0.3) is 0 Å². The van der Waals surface area contributed by atoms with E-state index >= 15 is 0 Å². The highest BCUT2D eigenvalue weighted by Crippen LogP contribution is 2.25. The third-order valence-electron chi connectivity index (χ3n) is 2.74. The first-order valence-corrected chi connectivity index (χ1v) is 6.48. The van der Waals surface area contributed by atoms with Crippen molar-refractivity contribution in [2.45, 2.75) is 6.42 Å². The maximum absolute atomic E-state index is 12.3. The third-order valence-corrected chi connectivity index (χ3v) is 3.04. The molecule has 0 aliphatic heterocycles. The number of halogens is 1. The number of amides is 1. The number of carbonyl (C=O) groups excluding carboxylic acids is 1. The van der Waals surface area contributed by atoms with Gasteiger partial charge in [-0.3, -0.25) is 14.9 Å². The molecule has 8 heteroatoms. The number of nitriles is 1. The average molecular weight is 312 g/mol. The largest absolute Gasteiger partial charge is 0.383 e. The third kappa shape index (κ3) is 4.70. The predicted molar refractivity (Wildman–Crippen MR) is 76.1 cm³/mol. The molecule has 0 bridgehead atoms. The van der Waals surface area contributed by atoms with Gasteiger partial charge in [0.15, 0.2) is 0 Å². The lowest BCUT2D eigenvalue weighted by Crippen LogP contribution is -2.34. The van der Waals surface area contributed by atoms with Gasteiger partial charge in [-0.15, -0.1) is 0 Å². The van der Waals surface area contributed by atoms with Crippen molar-refractivity contribution >= 4 is 23.2 Å². The van der Waals surface area contributed by atoms with Crippen molar-refractivity contribution in [3.63, 3.8) is 0 Å². The SMILES string of the molecule is COCCN(CCC#N)C(=O)c1ccc([N+](=O)[O-])c(Cl)c1. The molecule has 1 aromatic carbocycles. The zero-order chi connectivity index (χ0) is 15.8. The minimum atomic E-state index is -0.616. The first kappa shape index (κ1) is 16.9. The molecule has 112 valence electrons. The first-order chi connectivity index (χ1) is 10.0. The molecule has 0 aliphatic rings. The summed E-state index contributed by atoms with van der Waals surface area (Å²) < 4.78 is 4.92. The number of nitro groups is 1. The summed E-state index contributed by atoms with van der Waals surface area (Å²) in [5.74, 6) is -0.348. The molecule has 0 heterocycles. The minimum Gasteiger partial charge on any atom is -0.383 e. The number of ether oxygens (including phenoxy) is 1. The molecular formula is C13H14ClN3O4. The molecule has 1 aromatic rings. The first-order valence-electron chi connectivity index (χ1n) is 6.10. The Hall–Kier alpha value is -2.17. The van der Waals surface area contributed by atoms with Crippen LogP contribution < -0.4 is 0 Å². The lowest BCUT2D eigenvalue weighted by Gasteiger charge is -2.21. The number of hydrogen-bond donors (Lipinski definition) is 0. The van der Waals surface area contributed by atoms with Crippen LogP contribution in [0.3, 0.4) is 0 Å². The molecule has 0 aromatic heterocycles. The number of methoxy groups -OCH3 is 1. The van der Waals surface area contributed by atoms with Crippen molar-refractivity contribution < 1.29 is 14.5 Å². The Morgan fingerprint density at radius 2 is 2.24 bits per heavy atom. The van der Waals surface area contributed by atoms with E-state index in [0.717, 1.165) is 0 Å². The topological polar surface area (TPSA) is 96.5 Å². The van der Waals surface area contributed by atoms with Crippen molar-refractivity contribution in [3.8, 4) is 6.07 Å². The van der Waals surface area contributed by atoms with Gasteiger partial charge in [0.05, 0.1) is 24.0 Å². The Morgan fingerprint density at radius 1 is 1.52 bits per heavy atom. The molecule has 1 rings (SSSR count). The van der Waals surface area contributed by atoms with E-state index < -0.39 is 4.92 Å². The van der Waals surface area contributed by atoms with Gasteiger partial charge in [0.2, 0.25) is 0 Å². The fourth-order valence-corrected chi connectivity index (χ4v) is 1.92. The number of carbonyl (C=O) groups is 1. The second-order valence-corrected chi connectivity index (χ2v) is 4.52. The van der Waals surface area contributed by atoms with Gasteiger partial charge < -0.3 is 9.64 Å². The number of nitro benzene ring substituents is 1. The Labute approximate surface area is 126 Å². The molecule has 0 saturated carbocycles. The van der Waals surface area contributed by atoms with Gasteiger partial charge in [-0.1, -0.05) is 11.6 Å². The summed E-state index contributed by atoms with van der Waals surface area (Å²) in [6.45, 7) is 0.913. The van der Waals surface area contributed by atoms with E-state index in [9.17, 15) is 14.9 Å². The fourth-order valence-electron chi connectivity index (χ4n) is 1.67. The number of rotatable bonds is 7. The highest BCUT2D eigenvalue weighted by molar-refractivity contribution is 6.33. The van der Waals surface area contributed by atoms with Crippen molar-refractivity contribution in [1.29, 1.82) is 5.26 Å². The smallest absolute Gasteiger partial charge is 0.287 e. The van der Waals surface area contributed by atoms with Gasteiger partial charge in [-0.2, -0.15) is 5.26 Å². The van der Waals surface area contributed by atoms with Gasteiger partial charge in [-0.05, 0) is 12.1 Å². The monoisotopic (exact) mass is 311 g/mol. The van der Waals surface area contributed by atoms with Gasteiger partial charge in [-0.25, -0.2) is 0 Å². The molecular weight excluding hydrogens is 298 g/mol. The summed E-state index contributed by atoms with van der Waals surface area (Å²) in [4.78, 5) is 23.8. The molecule has 0 unspecified atom stereocenters. The number of nitrogens with zero attached hydrogens (tertiary/aromatic N) is 3. The highest BCUT2D eigenvalue weighted by atomic mass is 35.5. The lowest BCUT2D eigenvalue weighted by atomic mass is 10.1. The second-order valence-electron chi connectivity index (χ2n) is 4.12. The molecule has 7 nitrogen and oxygen atoms in total. The van der Waals surface area contributed by atoms with E-state index in [4.69, 9.17) is 21.6 Å². The zero-order valence-electron chi connectivity index (χ0n) is 11.4. The van der Waals surface area contributed by atoms with Crippen LogP contribution in [0.5, 0.6) is 0 Å². The van der Waals surface area contributed by atoms with E-state index in [1.165, 1.54) is 30.2 Å². The summed E-state index contributed by atoms with van der Waals surface area (Å²) in [5.41, 5.74) is -0.0201. The summed E-state index contributed by atoms with van der Waals surface area (Å²) in [6, 6.07) is 5.76. The van der Waals surface area contributed by atoms with Crippen LogP contribution in [0.2, 0.25) is 5.02 Å². The van der Waals surface area contributed by atoms with Crippen molar-refractivity contribution in [2.75, 3.05) is 26.8 Å². The van der Waals surface area contributed by atoms with Crippen LogP contribution in [0.15, 0.2) is 18.2 Å². The van der Waals surface area contributed by atoms with Crippen LogP contribution in [-0.4, -0.2) is 42.5 Å². The Bertz CT molecular complexity index is 571. The maximum atomic E-state index is 12.3. The van der Waals surface area contributed by atoms with Crippen LogP contribution in [0.1, 0.15) is 16.8 Å². The lowest BCUT2D eigenvalue weighted by molar-refractivity contribution is -0.384. The molecule has 0 radical (unpaired) electrons. The van der Waals surface area contributed by atoms with E-state index in [0.29, 0.717) is 13.2 Å². The van der Waals surface area contributed by atoms with Crippen LogP contribution in [0.4, 0.5) is 5.69 Å². The average Bonchev–Trinajstić information content (AvgIpc) is 2.46. The van der Waals surface area contributed by atoms with Crippen molar-refractivity contribution in [1.82, 2.24) is 4.90 Å². The van der Waals surface area contributed by atoms with Gasteiger partial charge in [0.25, 0.3) is 11.6 Å². The van der Waals surface area contributed by atoms with Gasteiger partial charge in [0.1, 0.15) is 5.02 Å². The predicted octanol–water partition coefficient (Wildman–Crippen LogP) is 2.25. The maximum Gasteiger partial charge on any atom is 0.287 e. The Balaban J connectivity index is 2.94. The van der Waals surface area contributed by atoms with E-state index in [2.05, 4.69) is 0 Å². The molecule has 0 fully saturated rings. The summed E-state index contributed by atoms with van der Waals surface area (Å²) in [5, 5.41) is 19.2. The minimum absolute atomic E-state index is 0.0992. The molecule has 1 amide bonds. The molecule has 0 atom stereocenters. The summed E-state index contributed by atoms with van der Waals surface area (Å²) in [7, 11) is 1.51. The van der Waals surface area contributed by atoms with E-state index in [1.54, 1.807) is 0 Å². The summed E-state index contributed by atoms with van der Waals surface area (Å²) in [6.07, 6.45) is 0.191. The Morgan fingerprint density at radius 3 is 2.76 bits per heavy atom. The molecule has 0 aliphatic carbocycles. The molecule has 0 N–H and O–H groups in total. The van der Waals surface area contributed by atoms with Gasteiger partial charge >= 0.3 is 0 Å². The fraction of sp³-hybridized carbons (Fsp3) is 0.385. The second kappa shape index (κ2) is 8.19. The van der Waals surface area contributed by atoms with Crippen LogP contribution in [0, 0.1) is 21.4 Å². The zero-order valence-corrected chi connectivity index (χ0v) is 12.2. The highest BCUT2D eigenvalue weighted by Gasteiger charge is 2.19. The number of benzene rings is 1. The van der Waals surface area contributed by atoms with Crippen LogP contribution in [-0.2, 0) is 4.74 Å². The normalized spacial score (nSPS) is 9.95. The number of hydrogen-bond acceptors (Lipinski definition) is 5. The van der Waals surface area contributed by atoms with Crippen molar-refractivity contribution in [3.05, 3.63) is 38.9 Å². The molecule has 21 heavy (non-hydrogen) atoms. The Kier molecular flexibility index (Phi) is 6.59. The standard InChI is InChI=1S/C13H14ClN3O4/c1-21-8-7-16(6-2-5-15)13(18)10-3-4-12(17(19)20)11(14)9-10/h3-4,9H,2,6-8H2,1H3. The summed E-state index contributed by atoms with van der Waals surface area (Å²) >= 11 is 5.79. The van der Waals surface area contributed by atoms with Gasteiger partial charge in [0, 0.05) is 31.8 Å². The van der Waals surface area contributed by atoms with E-state index in [-0.39, 0.29) is 35.1 Å². The van der Waals surface area contributed by atoms with E-state index in [1.807, 2.05) is 6.07 Å². The quantitative estimate of drug-likeness (QED) is 0.568. The molecule has 0 spiro atoms. The van der Waals surface area contributed by atoms with Crippen molar-refractivity contribution in [2.24, 2.45) is 0 Å².